The average Bonchev–Trinajstić information content (AvgIpc) is 2.55. The van der Waals surface area contributed by atoms with Crippen molar-refractivity contribution in [3.8, 4) is 5.75 Å². The summed E-state index contributed by atoms with van der Waals surface area (Å²) in [6.07, 6.45) is 3.24. The van der Waals surface area contributed by atoms with Crippen LogP contribution in [-0.4, -0.2) is 30.4 Å². The van der Waals surface area contributed by atoms with Gasteiger partial charge in [0, 0.05) is 0 Å². The first kappa shape index (κ1) is 17.6. The van der Waals surface area contributed by atoms with E-state index in [9.17, 15) is 9.90 Å². The molecule has 1 aliphatic rings. The molecule has 5 nitrogen and oxygen atoms in total. The van der Waals surface area contributed by atoms with E-state index in [-0.39, 0.29) is 24.0 Å². The van der Waals surface area contributed by atoms with Crippen molar-refractivity contribution in [3.63, 3.8) is 0 Å². The zero-order valence-electron chi connectivity index (χ0n) is 14.2. The number of aliphatic hydroxyl groups excluding tert-OH is 1. The summed E-state index contributed by atoms with van der Waals surface area (Å²) in [6.45, 7) is 4.15. The molecular weight excluding hydrogens is 292 g/mol. The fourth-order valence-electron chi connectivity index (χ4n) is 3.08. The zero-order valence-corrected chi connectivity index (χ0v) is 14.2. The minimum Gasteiger partial charge on any atom is -0.497 e. The lowest BCUT2D eigenvalue weighted by Crippen LogP contribution is -2.50. The highest BCUT2D eigenvalue weighted by atomic mass is 16.5. The molecule has 0 aromatic heterocycles. The van der Waals surface area contributed by atoms with E-state index in [1.807, 2.05) is 24.3 Å². The van der Waals surface area contributed by atoms with Crippen LogP contribution >= 0.6 is 0 Å². The van der Waals surface area contributed by atoms with Crippen molar-refractivity contribution in [2.24, 2.45) is 5.92 Å². The summed E-state index contributed by atoms with van der Waals surface area (Å²) in [7, 11) is 1.64. The van der Waals surface area contributed by atoms with Gasteiger partial charge in [-0.1, -0.05) is 38.8 Å². The van der Waals surface area contributed by atoms with Gasteiger partial charge in [0.2, 0.25) is 0 Å². The Labute approximate surface area is 138 Å². The Hall–Kier alpha value is -1.75. The van der Waals surface area contributed by atoms with Gasteiger partial charge in [0.05, 0.1) is 25.3 Å². The van der Waals surface area contributed by atoms with Gasteiger partial charge in [-0.3, -0.25) is 0 Å². The third-order valence-electron chi connectivity index (χ3n) is 4.47. The minimum absolute atomic E-state index is 0.0818. The quantitative estimate of drug-likeness (QED) is 0.781. The highest BCUT2D eigenvalue weighted by molar-refractivity contribution is 5.75. The van der Waals surface area contributed by atoms with Crippen molar-refractivity contribution >= 4 is 6.03 Å². The molecule has 2 amide bonds. The van der Waals surface area contributed by atoms with E-state index in [4.69, 9.17) is 4.74 Å². The number of hydrogen-bond acceptors (Lipinski definition) is 3. The number of benzene rings is 1. The SMILES string of the molecule is COc1ccc(C(NC(=O)NC2CCCCC2O)C(C)C)cc1. The number of nitrogens with one attached hydrogen (secondary N) is 2. The van der Waals surface area contributed by atoms with Gasteiger partial charge in [0.1, 0.15) is 5.75 Å². The van der Waals surface area contributed by atoms with E-state index in [1.165, 1.54) is 0 Å². The Morgan fingerprint density at radius 1 is 1.22 bits per heavy atom. The van der Waals surface area contributed by atoms with E-state index < -0.39 is 6.10 Å². The van der Waals surface area contributed by atoms with Gasteiger partial charge < -0.3 is 20.5 Å². The van der Waals surface area contributed by atoms with Crippen LogP contribution in [0.1, 0.15) is 51.1 Å². The van der Waals surface area contributed by atoms with Crippen molar-refractivity contribution < 1.29 is 14.6 Å². The first-order valence-corrected chi connectivity index (χ1v) is 8.40. The fourth-order valence-corrected chi connectivity index (χ4v) is 3.08. The third kappa shape index (κ3) is 4.86. The van der Waals surface area contributed by atoms with Crippen LogP contribution in [-0.2, 0) is 0 Å². The van der Waals surface area contributed by atoms with Crippen LogP contribution < -0.4 is 15.4 Å². The van der Waals surface area contributed by atoms with Crippen LogP contribution in [0.25, 0.3) is 0 Å². The predicted molar refractivity (Wildman–Crippen MR) is 90.5 cm³/mol. The smallest absolute Gasteiger partial charge is 0.315 e. The highest BCUT2D eigenvalue weighted by Crippen LogP contribution is 2.24. The van der Waals surface area contributed by atoms with E-state index in [1.54, 1.807) is 7.11 Å². The average molecular weight is 320 g/mol. The lowest BCUT2D eigenvalue weighted by molar-refractivity contribution is 0.0938. The molecule has 1 saturated carbocycles. The Balaban J connectivity index is 1.99. The number of hydrogen-bond donors (Lipinski definition) is 3. The molecule has 3 N–H and O–H groups in total. The van der Waals surface area contributed by atoms with E-state index in [0.29, 0.717) is 0 Å². The Morgan fingerprint density at radius 2 is 1.87 bits per heavy atom. The van der Waals surface area contributed by atoms with Gasteiger partial charge in [-0.15, -0.1) is 0 Å². The van der Waals surface area contributed by atoms with Crippen LogP contribution in [0.15, 0.2) is 24.3 Å². The molecule has 0 saturated heterocycles. The van der Waals surface area contributed by atoms with Gasteiger partial charge >= 0.3 is 6.03 Å². The van der Waals surface area contributed by atoms with Crippen molar-refractivity contribution in [1.82, 2.24) is 10.6 Å². The van der Waals surface area contributed by atoms with Crippen LogP contribution in [0.5, 0.6) is 5.75 Å². The number of amides is 2. The van der Waals surface area contributed by atoms with Gasteiger partial charge in [-0.05, 0) is 36.5 Å². The minimum atomic E-state index is -0.437. The second-order valence-electron chi connectivity index (χ2n) is 6.57. The third-order valence-corrected chi connectivity index (χ3v) is 4.47. The molecule has 0 radical (unpaired) electrons. The summed E-state index contributed by atoms with van der Waals surface area (Å²) in [4.78, 5) is 12.3. The molecule has 3 unspecified atom stereocenters. The molecule has 0 heterocycles. The Bertz CT molecular complexity index is 501. The van der Waals surface area contributed by atoms with Crippen LogP contribution in [0.4, 0.5) is 4.79 Å². The van der Waals surface area contributed by atoms with Gasteiger partial charge in [-0.2, -0.15) is 0 Å². The summed E-state index contributed by atoms with van der Waals surface area (Å²) in [5.41, 5.74) is 1.04. The lowest BCUT2D eigenvalue weighted by atomic mass is 9.92. The van der Waals surface area contributed by atoms with Crippen molar-refractivity contribution in [2.45, 2.75) is 57.7 Å². The monoisotopic (exact) mass is 320 g/mol. The van der Waals surface area contributed by atoms with Crippen LogP contribution in [0.3, 0.4) is 0 Å². The standard InChI is InChI=1S/C18H28N2O3/c1-12(2)17(13-8-10-14(23-3)11-9-13)20-18(22)19-15-6-4-5-7-16(15)21/h8-12,15-17,21H,4-7H2,1-3H3,(H2,19,20,22). The number of carbonyl (C=O) groups is 1. The van der Waals surface area contributed by atoms with Crippen molar-refractivity contribution in [1.29, 1.82) is 0 Å². The summed E-state index contributed by atoms with van der Waals surface area (Å²) < 4.78 is 5.18. The first-order valence-electron chi connectivity index (χ1n) is 8.40. The molecule has 1 aliphatic carbocycles. The van der Waals surface area contributed by atoms with Gasteiger partial charge in [-0.25, -0.2) is 4.79 Å². The van der Waals surface area contributed by atoms with Gasteiger partial charge in [0.25, 0.3) is 0 Å². The Kier molecular flexibility index (Phi) is 6.28. The summed E-state index contributed by atoms with van der Waals surface area (Å²) >= 11 is 0. The van der Waals surface area contributed by atoms with Crippen LogP contribution in [0, 0.1) is 5.92 Å². The van der Waals surface area contributed by atoms with Crippen LogP contribution in [0.2, 0.25) is 0 Å². The molecule has 23 heavy (non-hydrogen) atoms. The summed E-state index contributed by atoms with van der Waals surface area (Å²) in [6, 6.07) is 7.29. The maximum Gasteiger partial charge on any atom is 0.315 e. The van der Waals surface area contributed by atoms with Gasteiger partial charge in [0.15, 0.2) is 0 Å². The number of urea groups is 1. The first-order chi connectivity index (χ1) is 11.0. The largest absolute Gasteiger partial charge is 0.497 e. The van der Waals surface area contributed by atoms with Crippen molar-refractivity contribution in [2.75, 3.05) is 7.11 Å². The predicted octanol–water partition coefficient (Wildman–Crippen LogP) is 3.00. The summed E-state index contributed by atoms with van der Waals surface area (Å²) in [5.74, 6) is 1.05. The van der Waals surface area contributed by atoms with E-state index >= 15 is 0 Å². The lowest BCUT2D eigenvalue weighted by Gasteiger charge is -2.30. The zero-order chi connectivity index (χ0) is 16.8. The normalized spacial score (nSPS) is 22.5. The molecule has 1 aromatic rings. The molecule has 0 spiro atoms. The molecule has 0 bridgehead atoms. The molecule has 1 fully saturated rings. The summed E-state index contributed by atoms with van der Waals surface area (Å²) in [5, 5.41) is 15.9. The molecular formula is C18H28N2O3. The highest BCUT2D eigenvalue weighted by Gasteiger charge is 2.26. The topological polar surface area (TPSA) is 70.6 Å². The second-order valence-corrected chi connectivity index (χ2v) is 6.57. The second kappa shape index (κ2) is 8.20. The number of ether oxygens (including phenoxy) is 1. The fraction of sp³-hybridized carbons (Fsp3) is 0.611. The number of aliphatic hydroxyl groups is 1. The number of rotatable bonds is 5. The number of carbonyl (C=O) groups excluding carboxylic acids is 1. The maximum absolute atomic E-state index is 12.3. The number of methoxy groups -OCH3 is 1. The molecule has 2 rings (SSSR count). The molecule has 0 aliphatic heterocycles. The molecule has 128 valence electrons. The van der Waals surface area contributed by atoms with E-state index in [2.05, 4.69) is 24.5 Å². The van der Waals surface area contributed by atoms with E-state index in [0.717, 1.165) is 37.0 Å². The molecule has 1 aromatic carbocycles. The Morgan fingerprint density at radius 3 is 2.43 bits per heavy atom. The van der Waals surface area contributed by atoms with Crippen molar-refractivity contribution in [3.05, 3.63) is 29.8 Å². The molecule has 3 atom stereocenters. The maximum atomic E-state index is 12.3. The molecule has 5 heteroatoms.